The van der Waals surface area contributed by atoms with Crippen LogP contribution in [0.4, 0.5) is 5.00 Å². The topological polar surface area (TPSA) is 123 Å². The van der Waals surface area contributed by atoms with Crippen LogP contribution < -0.4 is 5.32 Å². The van der Waals surface area contributed by atoms with Crippen molar-refractivity contribution < 1.29 is 18.7 Å². The lowest BCUT2D eigenvalue weighted by atomic mass is 10.1. The van der Waals surface area contributed by atoms with Crippen LogP contribution >= 0.6 is 11.3 Å². The van der Waals surface area contributed by atoms with Crippen LogP contribution in [0.2, 0.25) is 0 Å². The standard InChI is InChI=1S/C23H21N5O4S/c1-12(2)28-21-18(10-25-28)17(8-19(26-21)16-7-13(3)32-14(16)4)23(30)31-11-20(29)27-22-15(9-24)5-6-33-22/h5-8,10,12H,11H2,1-4H3,(H,27,29). The molecule has 0 saturated heterocycles. The van der Waals surface area contributed by atoms with Crippen molar-refractivity contribution in [3.8, 4) is 17.3 Å². The van der Waals surface area contributed by atoms with E-state index in [2.05, 4.69) is 10.4 Å². The van der Waals surface area contributed by atoms with E-state index in [0.717, 1.165) is 11.3 Å². The molecule has 0 atom stereocenters. The van der Waals surface area contributed by atoms with E-state index in [1.807, 2.05) is 39.8 Å². The normalized spacial score (nSPS) is 11.0. The zero-order valence-electron chi connectivity index (χ0n) is 18.5. The average molecular weight is 464 g/mol. The minimum atomic E-state index is -0.674. The first kappa shape index (κ1) is 22.2. The quantitative estimate of drug-likeness (QED) is 0.414. The summed E-state index contributed by atoms with van der Waals surface area (Å²) in [7, 11) is 0. The third-order valence-corrected chi connectivity index (χ3v) is 5.80. The molecule has 0 aliphatic heterocycles. The number of carbonyl (C=O) groups is 2. The van der Waals surface area contributed by atoms with Crippen LogP contribution in [-0.4, -0.2) is 33.2 Å². The number of pyridine rings is 1. The first-order valence-corrected chi connectivity index (χ1v) is 11.1. The predicted molar refractivity (Wildman–Crippen MR) is 123 cm³/mol. The number of rotatable bonds is 6. The summed E-state index contributed by atoms with van der Waals surface area (Å²) in [5.41, 5.74) is 2.45. The number of nitriles is 1. The Morgan fingerprint density at radius 2 is 2.12 bits per heavy atom. The van der Waals surface area contributed by atoms with Gasteiger partial charge in [-0.05, 0) is 51.3 Å². The number of nitrogens with one attached hydrogen (secondary N) is 1. The number of nitrogens with zero attached hydrogens (tertiary/aromatic N) is 4. The van der Waals surface area contributed by atoms with E-state index in [4.69, 9.17) is 19.4 Å². The molecule has 0 aromatic carbocycles. The number of amides is 1. The molecule has 0 aliphatic rings. The summed E-state index contributed by atoms with van der Waals surface area (Å²) in [5, 5.41) is 18.7. The molecule has 33 heavy (non-hydrogen) atoms. The zero-order chi connectivity index (χ0) is 23.7. The van der Waals surface area contributed by atoms with Gasteiger partial charge in [0.25, 0.3) is 5.91 Å². The van der Waals surface area contributed by atoms with Gasteiger partial charge in [-0.1, -0.05) is 0 Å². The summed E-state index contributed by atoms with van der Waals surface area (Å²) in [6.45, 7) is 7.11. The molecule has 0 radical (unpaired) electrons. The molecule has 0 aliphatic carbocycles. The zero-order valence-corrected chi connectivity index (χ0v) is 19.3. The number of aryl methyl sites for hydroxylation is 2. The predicted octanol–water partition coefficient (Wildman–Crippen LogP) is 4.62. The van der Waals surface area contributed by atoms with Gasteiger partial charge in [0, 0.05) is 11.6 Å². The Balaban J connectivity index is 1.64. The number of carbonyl (C=O) groups excluding carboxylic acids is 2. The van der Waals surface area contributed by atoms with E-state index in [9.17, 15) is 9.59 Å². The van der Waals surface area contributed by atoms with Crippen LogP contribution in [-0.2, 0) is 9.53 Å². The summed E-state index contributed by atoms with van der Waals surface area (Å²) in [6.07, 6.45) is 1.57. The number of hydrogen-bond donors (Lipinski definition) is 1. The molecule has 1 N–H and O–H groups in total. The smallest absolute Gasteiger partial charge is 0.339 e. The fourth-order valence-corrected chi connectivity index (χ4v) is 4.21. The molecule has 168 valence electrons. The highest BCUT2D eigenvalue weighted by molar-refractivity contribution is 7.14. The number of thiophene rings is 1. The monoisotopic (exact) mass is 463 g/mol. The van der Waals surface area contributed by atoms with Crippen molar-refractivity contribution in [3.05, 3.63) is 52.4 Å². The number of fused-ring (bicyclic) bond motifs is 1. The highest BCUT2D eigenvalue weighted by atomic mass is 32.1. The Kier molecular flexibility index (Phi) is 5.98. The van der Waals surface area contributed by atoms with E-state index < -0.39 is 18.5 Å². The maximum atomic E-state index is 13.0. The van der Waals surface area contributed by atoms with E-state index >= 15 is 0 Å². The Labute approximate surface area is 193 Å². The van der Waals surface area contributed by atoms with Crippen molar-refractivity contribution in [2.75, 3.05) is 11.9 Å². The molecule has 4 aromatic heterocycles. The molecule has 0 spiro atoms. The number of anilines is 1. The molecule has 0 fully saturated rings. The number of furan rings is 1. The van der Waals surface area contributed by atoms with Gasteiger partial charge in [0.2, 0.25) is 0 Å². The lowest BCUT2D eigenvalue weighted by Gasteiger charge is -2.10. The molecule has 0 unspecified atom stereocenters. The van der Waals surface area contributed by atoms with Crippen molar-refractivity contribution in [2.45, 2.75) is 33.7 Å². The molecule has 4 aromatic rings. The molecule has 4 heterocycles. The van der Waals surface area contributed by atoms with Crippen LogP contribution in [0.1, 0.15) is 47.3 Å². The Morgan fingerprint density at radius 1 is 1.33 bits per heavy atom. The van der Waals surface area contributed by atoms with Crippen LogP contribution in [0.25, 0.3) is 22.3 Å². The molecule has 10 heteroatoms. The summed E-state index contributed by atoms with van der Waals surface area (Å²) in [6, 6.07) is 7.10. The molecular formula is C23H21N5O4S. The number of ether oxygens (including phenoxy) is 1. The molecule has 9 nitrogen and oxygen atoms in total. The Hall–Kier alpha value is -3.97. The van der Waals surface area contributed by atoms with Gasteiger partial charge in [-0.15, -0.1) is 11.3 Å². The van der Waals surface area contributed by atoms with Gasteiger partial charge in [-0.2, -0.15) is 10.4 Å². The molecular weight excluding hydrogens is 442 g/mol. The second kappa shape index (κ2) is 8.88. The van der Waals surface area contributed by atoms with Crippen LogP contribution in [0.5, 0.6) is 0 Å². The Morgan fingerprint density at radius 3 is 2.79 bits per heavy atom. The van der Waals surface area contributed by atoms with Gasteiger partial charge in [0.05, 0.1) is 28.4 Å². The van der Waals surface area contributed by atoms with Gasteiger partial charge in [0.1, 0.15) is 22.6 Å². The van der Waals surface area contributed by atoms with Crippen LogP contribution in [0, 0.1) is 25.2 Å². The molecule has 0 bridgehead atoms. The SMILES string of the molecule is Cc1cc(-c2cc(C(=O)OCC(=O)Nc3sccc3C#N)c3cnn(C(C)C)c3n2)c(C)o1. The number of hydrogen-bond acceptors (Lipinski definition) is 8. The highest BCUT2D eigenvalue weighted by Crippen LogP contribution is 2.30. The van der Waals surface area contributed by atoms with Gasteiger partial charge in [0.15, 0.2) is 12.3 Å². The minimum absolute atomic E-state index is 0.0206. The third kappa shape index (κ3) is 4.36. The van der Waals surface area contributed by atoms with E-state index in [-0.39, 0.29) is 11.6 Å². The summed E-state index contributed by atoms with van der Waals surface area (Å²) in [4.78, 5) is 30.0. The molecule has 0 saturated carbocycles. The van der Waals surface area contributed by atoms with Gasteiger partial charge in [-0.25, -0.2) is 14.5 Å². The van der Waals surface area contributed by atoms with Crippen LogP contribution in [0.15, 0.2) is 34.2 Å². The van der Waals surface area contributed by atoms with Gasteiger partial charge in [-0.3, -0.25) is 4.79 Å². The fourth-order valence-electron chi connectivity index (χ4n) is 3.45. The number of esters is 1. The van der Waals surface area contributed by atoms with Crippen molar-refractivity contribution in [1.29, 1.82) is 5.26 Å². The lowest BCUT2D eigenvalue weighted by Crippen LogP contribution is -2.21. The highest BCUT2D eigenvalue weighted by Gasteiger charge is 2.22. The van der Waals surface area contributed by atoms with E-state index in [1.54, 1.807) is 28.4 Å². The summed E-state index contributed by atoms with van der Waals surface area (Å²) in [5.74, 6) is 0.199. The first-order chi connectivity index (χ1) is 15.8. The summed E-state index contributed by atoms with van der Waals surface area (Å²) < 4.78 is 12.7. The lowest BCUT2D eigenvalue weighted by molar-refractivity contribution is -0.119. The third-order valence-electron chi connectivity index (χ3n) is 4.97. The van der Waals surface area contributed by atoms with E-state index in [0.29, 0.717) is 33.1 Å². The van der Waals surface area contributed by atoms with Crippen molar-refractivity contribution in [3.63, 3.8) is 0 Å². The largest absolute Gasteiger partial charge is 0.466 e. The Bertz CT molecular complexity index is 1410. The van der Waals surface area contributed by atoms with Gasteiger partial charge < -0.3 is 14.5 Å². The average Bonchev–Trinajstić information content (AvgIpc) is 3.49. The van der Waals surface area contributed by atoms with Crippen molar-refractivity contribution >= 4 is 39.2 Å². The van der Waals surface area contributed by atoms with Crippen LogP contribution in [0.3, 0.4) is 0 Å². The van der Waals surface area contributed by atoms with Gasteiger partial charge >= 0.3 is 5.97 Å². The fraction of sp³-hybridized carbons (Fsp3) is 0.261. The maximum absolute atomic E-state index is 13.0. The number of aromatic nitrogens is 3. The van der Waals surface area contributed by atoms with Crippen molar-refractivity contribution in [2.24, 2.45) is 0 Å². The second-order valence-corrected chi connectivity index (χ2v) is 8.62. The molecule has 4 rings (SSSR count). The maximum Gasteiger partial charge on any atom is 0.339 e. The van der Waals surface area contributed by atoms with E-state index in [1.165, 1.54) is 11.3 Å². The summed E-state index contributed by atoms with van der Waals surface area (Å²) >= 11 is 1.22. The molecule has 1 amide bonds. The second-order valence-electron chi connectivity index (χ2n) is 7.70. The van der Waals surface area contributed by atoms with Crippen molar-refractivity contribution in [1.82, 2.24) is 14.8 Å². The first-order valence-electron chi connectivity index (χ1n) is 10.2. The minimum Gasteiger partial charge on any atom is -0.466 e.